The van der Waals surface area contributed by atoms with Crippen LogP contribution in [0, 0.1) is 0 Å². The van der Waals surface area contributed by atoms with Gasteiger partial charge in [0.15, 0.2) is 0 Å². The number of rotatable bonds is 2. The van der Waals surface area contributed by atoms with Gasteiger partial charge in [-0.25, -0.2) is 4.98 Å². The molecule has 0 unspecified atom stereocenters. The van der Waals surface area contributed by atoms with Crippen LogP contribution in [0.1, 0.15) is 0 Å². The lowest BCUT2D eigenvalue weighted by Gasteiger charge is -2.11. The van der Waals surface area contributed by atoms with Crippen LogP contribution in [0.4, 0.5) is 5.82 Å². The first-order chi connectivity index (χ1) is 17.2. The molecule has 1 aliphatic heterocycles. The predicted molar refractivity (Wildman–Crippen MR) is 145 cm³/mol. The number of nitrogens with zero attached hydrogens (tertiary/aromatic N) is 4. The van der Waals surface area contributed by atoms with Crippen molar-refractivity contribution in [1.29, 1.82) is 0 Å². The van der Waals surface area contributed by atoms with Crippen molar-refractivity contribution in [2.45, 2.75) is 0 Å². The molecule has 3 aromatic heterocycles. The molecule has 2 N–H and O–H groups in total. The summed E-state index contributed by atoms with van der Waals surface area (Å²) in [4.78, 5) is 15.0. The van der Waals surface area contributed by atoms with E-state index < -0.39 is 0 Å². The van der Waals surface area contributed by atoms with E-state index in [1.54, 1.807) is 13.3 Å². The molecular formula is C28H32N6O. The van der Waals surface area contributed by atoms with Crippen LogP contribution >= 0.6 is 0 Å². The van der Waals surface area contributed by atoms with E-state index >= 15 is 0 Å². The van der Waals surface area contributed by atoms with Crippen LogP contribution in [-0.2, 0) is 0 Å². The van der Waals surface area contributed by atoms with Crippen molar-refractivity contribution in [3.05, 3.63) is 79.3 Å². The summed E-state index contributed by atoms with van der Waals surface area (Å²) in [6.45, 7) is 4.56. The summed E-state index contributed by atoms with van der Waals surface area (Å²) < 4.78 is 5.16. The van der Waals surface area contributed by atoms with Gasteiger partial charge in [-0.15, -0.1) is 0 Å². The van der Waals surface area contributed by atoms with Crippen molar-refractivity contribution in [3.8, 4) is 5.75 Å². The fourth-order valence-corrected chi connectivity index (χ4v) is 3.78. The third-order valence-corrected chi connectivity index (χ3v) is 5.69. The first kappa shape index (κ1) is 24.3. The quantitative estimate of drug-likeness (QED) is 0.375. The maximum absolute atomic E-state index is 5.16. The first-order valence-corrected chi connectivity index (χ1v) is 11.8. The Balaban J connectivity index is 0.000000134. The summed E-state index contributed by atoms with van der Waals surface area (Å²) in [5, 5.41) is 11.0. The van der Waals surface area contributed by atoms with E-state index in [0.29, 0.717) is 0 Å². The Labute approximate surface area is 206 Å². The molecule has 0 spiro atoms. The molecule has 35 heavy (non-hydrogen) atoms. The monoisotopic (exact) mass is 468 g/mol. The van der Waals surface area contributed by atoms with Crippen LogP contribution in [0.3, 0.4) is 0 Å². The van der Waals surface area contributed by atoms with E-state index in [9.17, 15) is 0 Å². The summed E-state index contributed by atoms with van der Waals surface area (Å²) in [5.74, 6) is 1.83. The van der Waals surface area contributed by atoms with Crippen LogP contribution in [0.2, 0.25) is 0 Å². The highest BCUT2D eigenvalue weighted by Gasteiger charge is 2.01. The molecule has 0 bridgehead atoms. The number of anilines is 1. The van der Waals surface area contributed by atoms with Gasteiger partial charge in [-0.3, -0.25) is 9.97 Å². The van der Waals surface area contributed by atoms with Crippen molar-refractivity contribution >= 4 is 38.4 Å². The third kappa shape index (κ3) is 6.41. The van der Waals surface area contributed by atoms with Gasteiger partial charge in [0.1, 0.15) is 11.6 Å². The van der Waals surface area contributed by atoms with Crippen LogP contribution in [0.15, 0.2) is 79.3 Å². The molecule has 0 saturated carbocycles. The van der Waals surface area contributed by atoms with E-state index in [1.165, 1.54) is 5.39 Å². The summed E-state index contributed by atoms with van der Waals surface area (Å²) in [6.07, 6.45) is 5.49. The summed E-state index contributed by atoms with van der Waals surface area (Å²) in [5.41, 5.74) is 2.04. The molecule has 7 nitrogen and oxygen atoms in total. The van der Waals surface area contributed by atoms with Gasteiger partial charge in [0.05, 0.1) is 18.1 Å². The number of piperazine rings is 1. The lowest BCUT2D eigenvalue weighted by molar-refractivity contribution is 0.415. The highest BCUT2D eigenvalue weighted by atomic mass is 16.5. The Morgan fingerprint density at radius 2 is 1.54 bits per heavy atom. The lowest BCUT2D eigenvalue weighted by Crippen LogP contribution is -2.39. The number of hydrogen-bond acceptors (Lipinski definition) is 7. The number of ether oxygens (including phenoxy) is 1. The topological polar surface area (TPSA) is 75.2 Å². The average Bonchev–Trinajstić information content (AvgIpc) is 2.94. The normalized spacial score (nSPS) is 12.9. The van der Waals surface area contributed by atoms with Crippen molar-refractivity contribution in [2.24, 2.45) is 0 Å². The van der Waals surface area contributed by atoms with E-state index in [4.69, 9.17) is 4.74 Å². The zero-order valence-electron chi connectivity index (χ0n) is 20.5. The number of aromatic nitrogens is 3. The molecule has 2 aromatic carbocycles. The predicted octanol–water partition coefficient (Wildman–Crippen LogP) is 4.27. The van der Waals surface area contributed by atoms with Gasteiger partial charge < -0.3 is 20.3 Å². The number of nitrogens with one attached hydrogen (secondary N) is 2. The standard InChI is InChI=1S/C12H14N2O.C12H8N2.C4H10N2/c1-14(2)12-7-4-9-8-10(15-3)5-6-11(9)13-12;1-2-9-3-4-10-8-13-7-5-11(10)12(9)14-6-1;1-2-6-4-3-5-1/h4-8H,1-3H3;1-8H;5-6H,1-4H2. The molecule has 6 rings (SSSR count). The van der Waals surface area contributed by atoms with Crippen molar-refractivity contribution < 1.29 is 4.74 Å². The Bertz CT molecular complexity index is 1320. The molecular weight excluding hydrogens is 436 g/mol. The van der Waals surface area contributed by atoms with Gasteiger partial charge in [-0.1, -0.05) is 18.2 Å². The molecule has 5 aromatic rings. The van der Waals surface area contributed by atoms with Gasteiger partial charge in [-0.05, 0) is 42.5 Å². The zero-order valence-corrected chi connectivity index (χ0v) is 20.5. The molecule has 4 heterocycles. The van der Waals surface area contributed by atoms with Gasteiger partial charge in [0.2, 0.25) is 0 Å². The van der Waals surface area contributed by atoms with Gasteiger partial charge in [0, 0.05) is 80.4 Å². The van der Waals surface area contributed by atoms with E-state index in [1.807, 2.05) is 67.8 Å². The molecule has 0 aliphatic carbocycles. The Hall–Kier alpha value is -3.81. The molecule has 0 atom stereocenters. The third-order valence-electron chi connectivity index (χ3n) is 5.69. The second kappa shape index (κ2) is 12.1. The first-order valence-electron chi connectivity index (χ1n) is 11.8. The Morgan fingerprint density at radius 3 is 2.26 bits per heavy atom. The minimum atomic E-state index is 0.863. The molecule has 180 valence electrons. The second-order valence-electron chi connectivity index (χ2n) is 8.36. The van der Waals surface area contributed by atoms with Crippen molar-refractivity contribution in [1.82, 2.24) is 25.6 Å². The van der Waals surface area contributed by atoms with E-state index in [2.05, 4.69) is 49.9 Å². The smallest absolute Gasteiger partial charge is 0.128 e. The highest BCUT2D eigenvalue weighted by molar-refractivity contribution is 6.04. The fraction of sp³-hybridized carbons (Fsp3) is 0.250. The molecule has 0 radical (unpaired) electrons. The van der Waals surface area contributed by atoms with Crippen molar-refractivity contribution in [3.63, 3.8) is 0 Å². The minimum Gasteiger partial charge on any atom is -0.497 e. The van der Waals surface area contributed by atoms with E-state index in [-0.39, 0.29) is 0 Å². The zero-order chi connectivity index (χ0) is 24.5. The number of benzene rings is 2. The van der Waals surface area contributed by atoms with Gasteiger partial charge in [-0.2, -0.15) is 0 Å². The Kier molecular flexibility index (Phi) is 8.38. The largest absolute Gasteiger partial charge is 0.497 e. The second-order valence-corrected chi connectivity index (χ2v) is 8.36. The summed E-state index contributed by atoms with van der Waals surface area (Å²) in [7, 11) is 5.64. The SMILES string of the molecule is C1CNCCN1.COc1ccc2nc(N(C)C)ccc2c1.c1cnc2c(c1)ccc1cnccc12. The summed E-state index contributed by atoms with van der Waals surface area (Å²) >= 11 is 0. The van der Waals surface area contributed by atoms with Crippen LogP contribution < -0.4 is 20.3 Å². The average molecular weight is 469 g/mol. The van der Waals surface area contributed by atoms with Crippen LogP contribution in [0.5, 0.6) is 5.75 Å². The number of hydrogen-bond donors (Lipinski definition) is 2. The van der Waals surface area contributed by atoms with Crippen LogP contribution in [-0.4, -0.2) is 62.3 Å². The summed E-state index contributed by atoms with van der Waals surface area (Å²) in [6, 6.07) is 20.1. The minimum absolute atomic E-state index is 0.863. The Morgan fingerprint density at radius 1 is 0.800 bits per heavy atom. The molecule has 1 fully saturated rings. The van der Waals surface area contributed by atoms with E-state index in [0.717, 1.165) is 64.9 Å². The molecule has 7 heteroatoms. The van der Waals surface area contributed by atoms with Gasteiger partial charge in [0.25, 0.3) is 0 Å². The maximum atomic E-state index is 5.16. The number of pyridine rings is 3. The van der Waals surface area contributed by atoms with Crippen LogP contribution in [0.25, 0.3) is 32.6 Å². The number of methoxy groups -OCH3 is 1. The molecule has 1 aliphatic rings. The highest BCUT2D eigenvalue weighted by Crippen LogP contribution is 2.22. The lowest BCUT2D eigenvalue weighted by atomic mass is 10.1. The number of fused-ring (bicyclic) bond motifs is 4. The van der Waals surface area contributed by atoms with Crippen molar-refractivity contribution in [2.75, 3.05) is 52.3 Å². The molecule has 0 amide bonds. The van der Waals surface area contributed by atoms with Gasteiger partial charge >= 0.3 is 0 Å². The molecule has 1 saturated heterocycles. The fourth-order valence-electron chi connectivity index (χ4n) is 3.78. The maximum Gasteiger partial charge on any atom is 0.128 e.